The molecular weight excluding hydrogens is 421 g/mol. The van der Waals surface area contributed by atoms with Crippen LogP contribution in [0.3, 0.4) is 0 Å². The summed E-state index contributed by atoms with van der Waals surface area (Å²) in [5, 5.41) is 0. The number of ether oxygens (including phenoxy) is 1. The number of rotatable bonds is 4. The maximum absolute atomic E-state index is 13.3. The van der Waals surface area contributed by atoms with Crippen LogP contribution in [-0.2, 0) is 25.7 Å². The number of carbonyl (C=O) groups is 1. The van der Waals surface area contributed by atoms with E-state index in [9.17, 15) is 26.4 Å². The highest BCUT2D eigenvalue weighted by Gasteiger charge is 2.41. The molecule has 6 nitrogen and oxygen atoms in total. The molecule has 0 bridgehead atoms. The van der Waals surface area contributed by atoms with Crippen LogP contribution < -0.4 is 0 Å². The highest BCUT2D eigenvalue weighted by atomic mass is 32.2. The number of likely N-dealkylation sites (tertiary alicyclic amines) is 1. The Morgan fingerprint density at radius 3 is 2.33 bits per heavy atom. The minimum Gasteiger partial charge on any atom is -0.379 e. The molecule has 168 valence electrons. The van der Waals surface area contributed by atoms with E-state index in [4.69, 9.17) is 4.74 Å². The molecule has 2 heterocycles. The molecule has 0 N–H and O–H groups in total. The van der Waals surface area contributed by atoms with Gasteiger partial charge in [-0.15, -0.1) is 0 Å². The molecule has 30 heavy (non-hydrogen) atoms. The molecule has 0 radical (unpaired) electrons. The van der Waals surface area contributed by atoms with Crippen molar-refractivity contribution >= 4 is 15.9 Å². The second-order valence-electron chi connectivity index (χ2n) is 8.00. The molecule has 3 rings (SSSR count). The molecule has 0 unspecified atom stereocenters. The standard InChI is InChI=1S/C20H27F3N2O4S/c1-14-7-10-24(13-17(14)29-2)19(26)15-8-11-25(12-9-15)30(27,28)18-6-4-3-5-16(18)20(21,22)23/h3-6,14-15,17H,7-13H2,1-2H3/t14-,17-/m0/s1. The summed E-state index contributed by atoms with van der Waals surface area (Å²) in [4.78, 5) is 13.9. The number of hydrogen-bond donors (Lipinski definition) is 0. The maximum Gasteiger partial charge on any atom is 0.417 e. The topological polar surface area (TPSA) is 66.9 Å². The fourth-order valence-corrected chi connectivity index (χ4v) is 5.89. The van der Waals surface area contributed by atoms with Gasteiger partial charge in [-0.1, -0.05) is 19.1 Å². The molecule has 1 aromatic carbocycles. The molecule has 10 heteroatoms. The fraction of sp³-hybridized carbons (Fsp3) is 0.650. The third-order valence-electron chi connectivity index (χ3n) is 6.12. The summed E-state index contributed by atoms with van der Waals surface area (Å²) in [5.41, 5.74) is -1.17. The van der Waals surface area contributed by atoms with Crippen LogP contribution in [-0.4, -0.2) is 62.9 Å². The molecule has 1 aromatic rings. The number of halogens is 3. The zero-order chi connectivity index (χ0) is 22.1. The number of amides is 1. The van der Waals surface area contributed by atoms with Gasteiger partial charge in [0.25, 0.3) is 0 Å². The minimum absolute atomic E-state index is 0.0167. The molecule has 2 aliphatic rings. The minimum atomic E-state index is -4.76. The second kappa shape index (κ2) is 8.84. The number of carbonyl (C=O) groups excluding carboxylic acids is 1. The van der Waals surface area contributed by atoms with Gasteiger partial charge in [0.15, 0.2) is 0 Å². The lowest BCUT2D eigenvalue weighted by molar-refractivity contribution is -0.141. The largest absolute Gasteiger partial charge is 0.417 e. The quantitative estimate of drug-likeness (QED) is 0.710. The van der Waals surface area contributed by atoms with Crippen LogP contribution in [0.15, 0.2) is 29.2 Å². The molecule has 2 fully saturated rings. The summed E-state index contributed by atoms with van der Waals surface area (Å²) in [6.45, 7) is 3.26. The Bertz CT molecular complexity index is 867. The van der Waals surface area contributed by atoms with Crippen molar-refractivity contribution < 1.29 is 31.1 Å². The molecule has 0 aliphatic carbocycles. The van der Waals surface area contributed by atoms with E-state index in [1.807, 2.05) is 0 Å². The Morgan fingerprint density at radius 1 is 1.10 bits per heavy atom. The van der Waals surface area contributed by atoms with E-state index < -0.39 is 26.7 Å². The molecule has 2 saturated heterocycles. The van der Waals surface area contributed by atoms with Gasteiger partial charge in [0, 0.05) is 39.2 Å². The van der Waals surface area contributed by atoms with Crippen molar-refractivity contribution in [3.63, 3.8) is 0 Å². The highest BCUT2D eigenvalue weighted by molar-refractivity contribution is 7.89. The van der Waals surface area contributed by atoms with Gasteiger partial charge < -0.3 is 9.64 Å². The zero-order valence-corrected chi connectivity index (χ0v) is 17.9. The van der Waals surface area contributed by atoms with Crippen molar-refractivity contribution in [1.82, 2.24) is 9.21 Å². The number of methoxy groups -OCH3 is 1. The van der Waals surface area contributed by atoms with E-state index in [0.29, 0.717) is 19.0 Å². The molecule has 0 saturated carbocycles. The zero-order valence-electron chi connectivity index (χ0n) is 17.1. The first-order valence-corrected chi connectivity index (χ1v) is 11.5. The highest BCUT2D eigenvalue weighted by Crippen LogP contribution is 2.36. The van der Waals surface area contributed by atoms with Crippen LogP contribution in [0.5, 0.6) is 0 Å². The predicted octanol–water partition coefficient (Wildman–Crippen LogP) is 2.99. The molecule has 0 aromatic heterocycles. The number of piperidine rings is 2. The predicted molar refractivity (Wildman–Crippen MR) is 104 cm³/mol. The number of nitrogens with zero attached hydrogens (tertiary/aromatic N) is 2. The normalized spacial score (nSPS) is 24.8. The molecule has 2 atom stereocenters. The first-order valence-electron chi connectivity index (χ1n) is 10.0. The number of hydrogen-bond acceptors (Lipinski definition) is 4. The number of sulfonamides is 1. The summed E-state index contributed by atoms with van der Waals surface area (Å²) >= 11 is 0. The SMILES string of the molecule is CO[C@H]1CN(C(=O)C2CCN(S(=O)(=O)c3ccccc3C(F)(F)F)CC2)CC[C@@H]1C. The van der Waals surface area contributed by atoms with Gasteiger partial charge in [-0.05, 0) is 37.3 Å². The maximum atomic E-state index is 13.3. The first-order chi connectivity index (χ1) is 14.1. The van der Waals surface area contributed by atoms with E-state index in [0.717, 1.165) is 22.9 Å². The van der Waals surface area contributed by atoms with E-state index >= 15 is 0 Å². The molecule has 0 spiro atoms. The first kappa shape index (κ1) is 23.0. The summed E-state index contributed by atoms with van der Waals surface area (Å²) in [5.74, 6) is -0.00310. The third-order valence-corrected chi connectivity index (χ3v) is 8.07. The average Bonchev–Trinajstić information content (AvgIpc) is 2.73. The lowest BCUT2D eigenvalue weighted by Crippen LogP contribution is -2.50. The lowest BCUT2D eigenvalue weighted by atomic mass is 9.92. The Morgan fingerprint density at radius 2 is 1.73 bits per heavy atom. The van der Waals surface area contributed by atoms with E-state index in [1.54, 1.807) is 12.0 Å². The van der Waals surface area contributed by atoms with Crippen molar-refractivity contribution in [3.8, 4) is 0 Å². The summed E-state index contributed by atoms with van der Waals surface area (Å²) in [7, 11) is -2.68. The lowest BCUT2D eigenvalue weighted by Gasteiger charge is -2.39. The van der Waals surface area contributed by atoms with E-state index in [1.165, 1.54) is 12.1 Å². The molecule has 1 amide bonds. The summed E-state index contributed by atoms with van der Waals surface area (Å²) in [6, 6.07) is 4.20. The number of benzene rings is 1. The third kappa shape index (κ3) is 4.65. The van der Waals surface area contributed by atoms with Crippen molar-refractivity contribution in [2.75, 3.05) is 33.3 Å². The smallest absolute Gasteiger partial charge is 0.379 e. The van der Waals surface area contributed by atoms with Gasteiger partial charge in [-0.2, -0.15) is 17.5 Å². The molecular formula is C20H27F3N2O4S. The van der Waals surface area contributed by atoms with E-state index in [-0.39, 0.29) is 43.9 Å². The van der Waals surface area contributed by atoms with Gasteiger partial charge >= 0.3 is 6.18 Å². The summed E-state index contributed by atoms with van der Waals surface area (Å²) in [6.07, 6.45) is -3.37. The Kier molecular flexibility index (Phi) is 6.78. The Labute approximate surface area is 175 Å². The van der Waals surface area contributed by atoms with Gasteiger partial charge in [-0.25, -0.2) is 8.42 Å². The Balaban J connectivity index is 1.68. The monoisotopic (exact) mass is 448 g/mol. The van der Waals surface area contributed by atoms with Crippen LogP contribution in [0.1, 0.15) is 31.7 Å². The van der Waals surface area contributed by atoms with Gasteiger partial charge in [0.2, 0.25) is 15.9 Å². The second-order valence-corrected chi connectivity index (χ2v) is 9.90. The van der Waals surface area contributed by atoms with Crippen LogP contribution >= 0.6 is 0 Å². The fourth-order valence-electron chi connectivity index (χ4n) is 4.21. The average molecular weight is 449 g/mol. The van der Waals surface area contributed by atoms with Crippen LogP contribution in [0.4, 0.5) is 13.2 Å². The van der Waals surface area contributed by atoms with Gasteiger partial charge in [-0.3, -0.25) is 4.79 Å². The molecule has 2 aliphatic heterocycles. The summed E-state index contributed by atoms with van der Waals surface area (Å²) < 4.78 is 72.0. The van der Waals surface area contributed by atoms with Crippen LogP contribution in [0, 0.1) is 11.8 Å². The van der Waals surface area contributed by atoms with Crippen LogP contribution in [0.25, 0.3) is 0 Å². The van der Waals surface area contributed by atoms with Crippen molar-refractivity contribution in [2.24, 2.45) is 11.8 Å². The van der Waals surface area contributed by atoms with Crippen molar-refractivity contribution in [2.45, 2.75) is 43.4 Å². The van der Waals surface area contributed by atoms with E-state index in [2.05, 4.69) is 6.92 Å². The van der Waals surface area contributed by atoms with Gasteiger partial charge in [0.05, 0.1) is 16.6 Å². The Hall–Kier alpha value is -1.65. The van der Waals surface area contributed by atoms with Crippen LogP contribution in [0.2, 0.25) is 0 Å². The number of alkyl halides is 3. The van der Waals surface area contributed by atoms with Gasteiger partial charge in [0.1, 0.15) is 0 Å². The van der Waals surface area contributed by atoms with Crippen molar-refractivity contribution in [1.29, 1.82) is 0 Å². The van der Waals surface area contributed by atoms with Crippen molar-refractivity contribution in [3.05, 3.63) is 29.8 Å².